The SMILES string of the molecule is COc1cc(CNc2cccc(C)c2C)cc(OC)c1. The quantitative estimate of drug-likeness (QED) is 0.893. The van der Waals surface area contributed by atoms with Gasteiger partial charge >= 0.3 is 0 Å². The first-order valence-electron chi connectivity index (χ1n) is 6.66. The van der Waals surface area contributed by atoms with Crippen molar-refractivity contribution in [3.05, 3.63) is 53.1 Å². The molecule has 2 rings (SSSR count). The fraction of sp³-hybridized carbons (Fsp3) is 0.294. The molecule has 2 aromatic carbocycles. The van der Waals surface area contributed by atoms with Crippen molar-refractivity contribution >= 4 is 5.69 Å². The molecule has 0 radical (unpaired) electrons. The predicted molar refractivity (Wildman–Crippen MR) is 82.8 cm³/mol. The molecule has 106 valence electrons. The lowest BCUT2D eigenvalue weighted by Gasteiger charge is -2.13. The molecule has 0 fully saturated rings. The highest BCUT2D eigenvalue weighted by atomic mass is 16.5. The van der Waals surface area contributed by atoms with Gasteiger partial charge in [0, 0.05) is 18.3 Å². The predicted octanol–water partition coefficient (Wildman–Crippen LogP) is 3.93. The van der Waals surface area contributed by atoms with E-state index in [1.54, 1.807) is 14.2 Å². The van der Waals surface area contributed by atoms with Crippen LogP contribution in [0.25, 0.3) is 0 Å². The highest BCUT2D eigenvalue weighted by Gasteiger charge is 2.04. The number of rotatable bonds is 5. The Morgan fingerprint density at radius 3 is 2.20 bits per heavy atom. The van der Waals surface area contributed by atoms with Crippen LogP contribution in [-0.4, -0.2) is 14.2 Å². The molecular weight excluding hydrogens is 250 g/mol. The number of nitrogens with one attached hydrogen (secondary N) is 1. The van der Waals surface area contributed by atoms with Gasteiger partial charge < -0.3 is 14.8 Å². The van der Waals surface area contributed by atoms with E-state index >= 15 is 0 Å². The smallest absolute Gasteiger partial charge is 0.122 e. The maximum atomic E-state index is 5.28. The van der Waals surface area contributed by atoms with Crippen LogP contribution in [0.4, 0.5) is 5.69 Å². The molecule has 2 aromatic rings. The van der Waals surface area contributed by atoms with Crippen molar-refractivity contribution < 1.29 is 9.47 Å². The zero-order chi connectivity index (χ0) is 14.5. The summed E-state index contributed by atoms with van der Waals surface area (Å²) in [7, 11) is 3.33. The summed E-state index contributed by atoms with van der Waals surface area (Å²) in [5, 5.41) is 3.46. The standard InChI is InChI=1S/C17H21NO2/c1-12-6-5-7-17(13(12)2)18-11-14-8-15(19-3)10-16(9-14)20-4/h5-10,18H,11H2,1-4H3. The van der Waals surface area contributed by atoms with E-state index in [-0.39, 0.29) is 0 Å². The number of hydrogen-bond acceptors (Lipinski definition) is 3. The zero-order valence-corrected chi connectivity index (χ0v) is 12.5. The second kappa shape index (κ2) is 6.33. The summed E-state index contributed by atoms with van der Waals surface area (Å²) in [6.07, 6.45) is 0. The maximum absolute atomic E-state index is 5.28. The minimum absolute atomic E-state index is 0.734. The third kappa shape index (κ3) is 3.23. The van der Waals surface area contributed by atoms with E-state index < -0.39 is 0 Å². The average Bonchev–Trinajstić information content (AvgIpc) is 2.48. The monoisotopic (exact) mass is 271 g/mol. The fourth-order valence-electron chi connectivity index (χ4n) is 2.11. The highest BCUT2D eigenvalue weighted by molar-refractivity contribution is 5.54. The van der Waals surface area contributed by atoms with Crippen LogP contribution in [0.15, 0.2) is 36.4 Å². The summed E-state index contributed by atoms with van der Waals surface area (Å²) in [4.78, 5) is 0. The van der Waals surface area contributed by atoms with E-state index in [9.17, 15) is 0 Å². The molecule has 0 saturated heterocycles. The van der Waals surface area contributed by atoms with E-state index in [1.165, 1.54) is 11.1 Å². The van der Waals surface area contributed by atoms with Gasteiger partial charge in [0.2, 0.25) is 0 Å². The summed E-state index contributed by atoms with van der Waals surface area (Å²) in [5.41, 5.74) is 4.86. The molecule has 0 bridgehead atoms. The van der Waals surface area contributed by atoms with Crippen LogP contribution in [0.1, 0.15) is 16.7 Å². The Labute approximate surface area is 120 Å². The molecule has 20 heavy (non-hydrogen) atoms. The summed E-state index contributed by atoms with van der Waals surface area (Å²) in [5.74, 6) is 1.62. The third-order valence-corrected chi connectivity index (χ3v) is 3.50. The van der Waals surface area contributed by atoms with Crippen molar-refractivity contribution in [2.24, 2.45) is 0 Å². The summed E-state index contributed by atoms with van der Waals surface area (Å²) in [6, 6.07) is 12.2. The summed E-state index contributed by atoms with van der Waals surface area (Å²) in [6.45, 7) is 4.98. The van der Waals surface area contributed by atoms with Crippen LogP contribution in [-0.2, 0) is 6.54 Å². The molecule has 0 saturated carbocycles. The largest absolute Gasteiger partial charge is 0.497 e. The Balaban J connectivity index is 2.16. The minimum atomic E-state index is 0.734. The normalized spacial score (nSPS) is 10.2. The van der Waals surface area contributed by atoms with Gasteiger partial charge in [0.15, 0.2) is 0 Å². The van der Waals surface area contributed by atoms with Crippen molar-refractivity contribution in [3.8, 4) is 11.5 Å². The second-order valence-corrected chi connectivity index (χ2v) is 4.82. The Morgan fingerprint density at radius 2 is 1.60 bits per heavy atom. The van der Waals surface area contributed by atoms with Gasteiger partial charge in [0.05, 0.1) is 14.2 Å². The number of methoxy groups -OCH3 is 2. The van der Waals surface area contributed by atoms with Crippen molar-refractivity contribution in [3.63, 3.8) is 0 Å². The average molecular weight is 271 g/mol. The maximum Gasteiger partial charge on any atom is 0.122 e. The van der Waals surface area contributed by atoms with Crippen molar-refractivity contribution in [2.45, 2.75) is 20.4 Å². The lowest BCUT2D eigenvalue weighted by Crippen LogP contribution is -2.02. The lowest BCUT2D eigenvalue weighted by molar-refractivity contribution is 0.393. The first-order chi connectivity index (χ1) is 9.63. The topological polar surface area (TPSA) is 30.5 Å². The third-order valence-electron chi connectivity index (χ3n) is 3.50. The Kier molecular flexibility index (Phi) is 4.51. The molecule has 0 aliphatic carbocycles. The van der Waals surface area contributed by atoms with E-state index in [4.69, 9.17) is 9.47 Å². The van der Waals surface area contributed by atoms with Gasteiger partial charge in [0.25, 0.3) is 0 Å². The van der Waals surface area contributed by atoms with Gasteiger partial charge in [-0.3, -0.25) is 0 Å². The van der Waals surface area contributed by atoms with Crippen molar-refractivity contribution in [1.29, 1.82) is 0 Å². The molecule has 3 heteroatoms. The van der Waals surface area contributed by atoms with Gasteiger partial charge in [-0.15, -0.1) is 0 Å². The van der Waals surface area contributed by atoms with Crippen molar-refractivity contribution in [1.82, 2.24) is 0 Å². The number of anilines is 1. The van der Waals surface area contributed by atoms with E-state index in [0.29, 0.717) is 0 Å². The molecule has 0 spiro atoms. The van der Waals surface area contributed by atoms with Crippen LogP contribution in [0.5, 0.6) is 11.5 Å². The van der Waals surface area contributed by atoms with Gasteiger partial charge in [-0.05, 0) is 48.7 Å². The molecule has 3 nitrogen and oxygen atoms in total. The van der Waals surface area contributed by atoms with Gasteiger partial charge in [0.1, 0.15) is 11.5 Å². The lowest BCUT2D eigenvalue weighted by atomic mass is 10.1. The van der Waals surface area contributed by atoms with Gasteiger partial charge in [-0.2, -0.15) is 0 Å². The minimum Gasteiger partial charge on any atom is -0.497 e. The van der Waals surface area contributed by atoms with E-state index in [2.05, 4.69) is 37.4 Å². The van der Waals surface area contributed by atoms with Crippen LogP contribution >= 0.6 is 0 Å². The number of aryl methyl sites for hydroxylation is 1. The van der Waals surface area contributed by atoms with Crippen molar-refractivity contribution in [2.75, 3.05) is 19.5 Å². The zero-order valence-electron chi connectivity index (χ0n) is 12.5. The van der Waals surface area contributed by atoms with Gasteiger partial charge in [-0.1, -0.05) is 12.1 Å². The second-order valence-electron chi connectivity index (χ2n) is 4.82. The van der Waals surface area contributed by atoms with Crippen LogP contribution in [0.2, 0.25) is 0 Å². The molecule has 0 aromatic heterocycles. The highest BCUT2D eigenvalue weighted by Crippen LogP contribution is 2.24. The Bertz CT molecular complexity index is 571. The van der Waals surface area contributed by atoms with Crippen LogP contribution in [0.3, 0.4) is 0 Å². The molecule has 0 aliphatic heterocycles. The number of hydrogen-bond donors (Lipinski definition) is 1. The summed E-state index contributed by atoms with van der Waals surface area (Å²) >= 11 is 0. The van der Waals surface area contributed by atoms with Crippen LogP contribution < -0.4 is 14.8 Å². The Morgan fingerprint density at radius 1 is 0.950 bits per heavy atom. The van der Waals surface area contributed by atoms with E-state index in [1.807, 2.05) is 18.2 Å². The molecule has 0 atom stereocenters. The Hall–Kier alpha value is -2.16. The molecule has 0 unspecified atom stereocenters. The molecule has 0 aliphatic rings. The number of ether oxygens (including phenoxy) is 2. The first-order valence-corrected chi connectivity index (χ1v) is 6.66. The summed E-state index contributed by atoms with van der Waals surface area (Å²) < 4.78 is 10.6. The molecule has 1 N–H and O–H groups in total. The fourth-order valence-corrected chi connectivity index (χ4v) is 2.11. The molecule has 0 heterocycles. The van der Waals surface area contributed by atoms with Crippen LogP contribution in [0, 0.1) is 13.8 Å². The molecule has 0 amide bonds. The van der Waals surface area contributed by atoms with E-state index in [0.717, 1.165) is 29.3 Å². The molecular formula is C17H21NO2. The first kappa shape index (κ1) is 14.3. The number of benzene rings is 2. The van der Waals surface area contributed by atoms with Gasteiger partial charge in [-0.25, -0.2) is 0 Å².